The monoisotopic (exact) mass is 204 g/mol. The maximum absolute atomic E-state index is 11.0. The van der Waals surface area contributed by atoms with E-state index in [-0.39, 0.29) is 11.3 Å². The van der Waals surface area contributed by atoms with Gasteiger partial charge in [0, 0.05) is 5.41 Å². The third-order valence-electron chi connectivity index (χ3n) is 3.42. The Morgan fingerprint density at radius 3 is 2.60 bits per heavy atom. The topological polar surface area (TPSA) is 37.3 Å². The number of hydrogen-bond donors (Lipinski definition) is 1. The van der Waals surface area contributed by atoms with Gasteiger partial charge in [0.25, 0.3) is 0 Å². The first-order valence-electron chi connectivity index (χ1n) is 5.49. The minimum absolute atomic E-state index is 0.0676. The highest BCUT2D eigenvalue weighted by atomic mass is 16.4. The third kappa shape index (κ3) is 1.65. The Kier molecular flexibility index (Phi) is 2.51. The predicted octanol–water partition coefficient (Wildman–Crippen LogP) is 2.83. The van der Waals surface area contributed by atoms with Crippen molar-refractivity contribution in [2.24, 2.45) is 5.92 Å². The fourth-order valence-electron chi connectivity index (χ4n) is 2.58. The predicted molar refractivity (Wildman–Crippen MR) is 58.8 cm³/mol. The summed E-state index contributed by atoms with van der Waals surface area (Å²) in [6.07, 6.45) is 2.83. The minimum Gasteiger partial charge on any atom is -0.481 e. The summed E-state index contributed by atoms with van der Waals surface area (Å²) in [5.74, 6) is -0.813. The highest BCUT2D eigenvalue weighted by molar-refractivity contribution is 5.77. The summed E-state index contributed by atoms with van der Waals surface area (Å²) in [6.45, 7) is 2.11. The minimum atomic E-state index is -0.646. The van der Waals surface area contributed by atoms with Crippen LogP contribution in [0.4, 0.5) is 0 Å². The van der Waals surface area contributed by atoms with E-state index < -0.39 is 5.97 Å². The molecule has 1 saturated carbocycles. The van der Waals surface area contributed by atoms with Gasteiger partial charge in [0.2, 0.25) is 0 Å². The lowest BCUT2D eigenvalue weighted by Gasteiger charge is -2.15. The molecule has 1 fully saturated rings. The molecule has 1 aromatic carbocycles. The van der Waals surface area contributed by atoms with Gasteiger partial charge in [-0.1, -0.05) is 43.7 Å². The number of aliphatic carboxylic acids is 1. The second-order valence-electron chi connectivity index (χ2n) is 4.37. The number of carbonyl (C=O) groups is 1. The molecule has 2 unspecified atom stereocenters. The highest BCUT2D eigenvalue weighted by Gasteiger charge is 2.58. The number of benzene rings is 1. The fourth-order valence-corrected chi connectivity index (χ4v) is 2.58. The smallest absolute Gasteiger partial charge is 0.307 e. The third-order valence-corrected chi connectivity index (χ3v) is 3.42. The van der Waals surface area contributed by atoms with E-state index in [9.17, 15) is 4.79 Å². The molecule has 80 valence electrons. The van der Waals surface area contributed by atoms with Crippen molar-refractivity contribution < 1.29 is 9.90 Å². The van der Waals surface area contributed by atoms with Crippen LogP contribution < -0.4 is 0 Å². The molecular weight excluding hydrogens is 188 g/mol. The largest absolute Gasteiger partial charge is 0.481 e. The Morgan fingerprint density at radius 2 is 2.13 bits per heavy atom. The summed E-state index contributed by atoms with van der Waals surface area (Å²) in [5, 5.41) is 9.08. The molecule has 2 heteroatoms. The van der Waals surface area contributed by atoms with Crippen LogP contribution in [-0.2, 0) is 10.2 Å². The first-order chi connectivity index (χ1) is 7.20. The average Bonchev–Trinajstić information content (AvgIpc) is 2.96. The van der Waals surface area contributed by atoms with E-state index in [0.717, 1.165) is 19.3 Å². The van der Waals surface area contributed by atoms with Crippen molar-refractivity contribution in [3.8, 4) is 0 Å². The van der Waals surface area contributed by atoms with E-state index in [1.54, 1.807) is 0 Å². The van der Waals surface area contributed by atoms with Crippen molar-refractivity contribution in [3.05, 3.63) is 35.9 Å². The van der Waals surface area contributed by atoms with Gasteiger partial charge in [0.05, 0.1) is 5.92 Å². The summed E-state index contributed by atoms with van der Waals surface area (Å²) in [7, 11) is 0. The molecule has 0 heterocycles. The van der Waals surface area contributed by atoms with Gasteiger partial charge < -0.3 is 5.11 Å². The average molecular weight is 204 g/mol. The molecule has 1 N–H and O–H groups in total. The Balaban J connectivity index is 2.27. The molecule has 2 nitrogen and oxygen atoms in total. The molecule has 0 bridgehead atoms. The van der Waals surface area contributed by atoms with Crippen LogP contribution in [-0.4, -0.2) is 11.1 Å². The lowest BCUT2D eigenvalue weighted by molar-refractivity contribution is -0.139. The van der Waals surface area contributed by atoms with Gasteiger partial charge in [0.1, 0.15) is 0 Å². The molecular formula is C13H16O2. The number of carboxylic acids is 1. The molecule has 15 heavy (non-hydrogen) atoms. The molecule has 1 aliphatic rings. The van der Waals surface area contributed by atoms with Crippen LogP contribution in [0.1, 0.15) is 31.7 Å². The molecule has 0 radical (unpaired) electrons. The van der Waals surface area contributed by atoms with Crippen LogP contribution in [0.3, 0.4) is 0 Å². The van der Waals surface area contributed by atoms with E-state index in [0.29, 0.717) is 0 Å². The van der Waals surface area contributed by atoms with Gasteiger partial charge in [-0.05, 0) is 18.4 Å². The fraction of sp³-hybridized carbons (Fsp3) is 0.462. The van der Waals surface area contributed by atoms with Gasteiger partial charge in [0.15, 0.2) is 0 Å². The maximum atomic E-state index is 11.0. The maximum Gasteiger partial charge on any atom is 0.307 e. The van der Waals surface area contributed by atoms with Crippen molar-refractivity contribution in [2.45, 2.75) is 31.6 Å². The normalized spacial score (nSPS) is 28.7. The van der Waals surface area contributed by atoms with E-state index in [1.807, 2.05) is 18.2 Å². The van der Waals surface area contributed by atoms with Crippen LogP contribution in [0.2, 0.25) is 0 Å². The second kappa shape index (κ2) is 3.69. The Morgan fingerprint density at radius 1 is 1.47 bits per heavy atom. The van der Waals surface area contributed by atoms with E-state index in [4.69, 9.17) is 5.11 Å². The van der Waals surface area contributed by atoms with E-state index in [2.05, 4.69) is 19.1 Å². The van der Waals surface area contributed by atoms with Crippen LogP contribution >= 0.6 is 0 Å². The summed E-state index contributed by atoms with van der Waals surface area (Å²) in [5.41, 5.74) is 1.13. The molecule has 2 atom stereocenters. The molecule has 0 saturated heterocycles. The van der Waals surface area contributed by atoms with Crippen LogP contribution in [0.15, 0.2) is 30.3 Å². The quantitative estimate of drug-likeness (QED) is 0.818. The lowest BCUT2D eigenvalue weighted by atomic mass is 9.89. The Labute approximate surface area is 89.9 Å². The molecule has 0 aromatic heterocycles. The van der Waals surface area contributed by atoms with Crippen molar-refractivity contribution in [1.29, 1.82) is 0 Å². The van der Waals surface area contributed by atoms with Crippen LogP contribution in [0, 0.1) is 5.92 Å². The molecule has 0 amide bonds. The van der Waals surface area contributed by atoms with Gasteiger partial charge in [-0.25, -0.2) is 0 Å². The Bertz CT molecular complexity index is 358. The van der Waals surface area contributed by atoms with Gasteiger partial charge >= 0.3 is 5.97 Å². The van der Waals surface area contributed by atoms with Gasteiger partial charge in [-0.15, -0.1) is 0 Å². The first kappa shape index (κ1) is 10.2. The van der Waals surface area contributed by atoms with E-state index >= 15 is 0 Å². The second-order valence-corrected chi connectivity index (χ2v) is 4.37. The van der Waals surface area contributed by atoms with Crippen molar-refractivity contribution in [2.75, 3.05) is 0 Å². The lowest BCUT2D eigenvalue weighted by Crippen LogP contribution is -2.14. The van der Waals surface area contributed by atoms with Gasteiger partial charge in [-0.2, -0.15) is 0 Å². The Hall–Kier alpha value is -1.31. The number of hydrogen-bond acceptors (Lipinski definition) is 1. The van der Waals surface area contributed by atoms with Crippen molar-refractivity contribution in [1.82, 2.24) is 0 Å². The SMILES string of the molecule is CCCC1(c2ccccc2)CC1C(=O)O. The van der Waals surface area contributed by atoms with Crippen molar-refractivity contribution >= 4 is 5.97 Å². The van der Waals surface area contributed by atoms with Crippen molar-refractivity contribution in [3.63, 3.8) is 0 Å². The first-order valence-corrected chi connectivity index (χ1v) is 5.49. The van der Waals surface area contributed by atoms with E-state index in [1.165, 1.54) is 5.56 Å². The standard InChI is InChI=1S/C13H16O2/c1-2-8-13(9-11(13)12(14)15)10-6-4-3-5-7-10/h3-7,11H,2,8-9H2,1H3,(H,14,15). The summed E-state index contributed by atoms with van der Waals surface area (Å²) < 4.78 is 0. The molecule has 1 aliphatic carbocycles. The molecule has 1 aromatic rings. The number of carboxylic acid groups (broad SMARTS) is 1. The number of rotatable bonds is 4. The summed E-state index contributed by atoms with van der Waals surface area (Å²) in [4.78, 5) is 11.0. The zero-order chi connectivity index (χ0) is 10.9. The zero-order valence-electron chi connectivity index (χ0n) is 8.94. The molecule has 0 aliphatic heterocycles. The highest BCUT2D eigenvalue weighted by Crippen LogP contribution is 2.57. The molecule has 2 rings (SSSR count). The summed E-state index contributed by atoms with van der Waals surface area (Å²) >= 11 is 0. The van der Waals surface area contributed by atoms with Gasteiger partial charge in [-0.3, -0.25) is 4.79 Å². The van der Waals surface area contributed by atoms with Crippen LogP contribution in [0.5, 0.6) is 0 Å². The molecule has 0 spiro atoms. The summed E-state index contributed by atoms with van der Waals surface area (Å²) in [6, 6.07) is 10.1. The van der Waals surface area contributed by atoms with Crippen LogP contribution in [0.25, 0.3) is 0 Å². The zero-order valence-corrected chi connectivity index (χ0v) is 8.94.